The molecule has 0 saturated heterocycles. The van der Waals surface area contributed by atoms with E-state index >= 15 is 0 Å². The fraction of sp³-hybridized carbons (Fsp3) is 0.273. The van der Waals surface area contributed by atoms with Crippen molar-refractivity contribution >= 4 is 17.4 Å². The van der Waals surface area contributed by atoms with Gasteiger partial charge in [-0.1, -0.05) is 6.92 Å². The molecule has 5 heteroatoms. The van der Waals surface area contributed by atoms with E-state index in [0.717, 1.165) is 6.07 Å². The molecule has 0 amide bonds. The van der Waals surface area contributed by atoms with Crippen LogP contribution < -0.4 is 5.73 Å². The third-order valence-electron chi connectivity index (χ3n) is 2.41. The maximum absolute atomic E-state index is 11.2. The summed E-state index contributed by atoms with van der Waals surface area (Å²) < 4.78 is 0. The van der Waals surface area contributed by atoms with Crippen LogP contribution in [0.4, 0.5) is 5.69 Å². The monoisotopic (exact) mass is 223 g/mol. The second kappa shape index (κ2) is 4.22. The molecular weight excluding hydrogens is 210 g/mol. The number of benzene rings is 1. The molecule has 1 aromatic rings. The van der Waals surface area contributed by atoms with Gasteiger partial charge >= 0.3 is 5.97 Å². The van der Waals surface area contributed by atoms with Crippen molar-refractivity contribution in [1.82, 2.24) is 0 Å². The van der Waals surface area contributed by atoms with Gasteiger partial charge in [-0.25, -0.2) is 4.79 Å². The Kier molecular flexibility index (Phi) is 3.17. The number of ketones is 1. The van der Waals surface area contributed by atoms with Crippen molar-refractivity contribution < 1.29 is 19.8 Å². The van der Waals surface area contributed by atoms with Crippen molar-refractivity contribution in [2.24, 2.45) is 0 Å². The van der Waals surface area contributed by atoms with Crippen LogP contribution >= 0.6 is 0 Å². The van der Waals surface area contributed by atoms with Gasteiger partial charge in [0.15, 0.2) is 5.78 Å². The Morgan fingerprint density at radius 2 is 1.94 bits per heavy atom. The van der Waals surface area contributed by atoms with Gasteiger partial charge in [0, 0.05) is 5.56 Å². The number of aromatic hydroxyl groups is 1. The van der Waals surface area contributed by atoms with Crippen molar-refractivity contribution in [2.75, 3.05) is 5.73 Å². The number of phenolic OH excluding ortho intramolecular Hbond substituents is 1. The molecule has 5 nitrogen and oxygen atoms in total. The highest BCUT2D eigenvalue weighted by atomic mass is 16.4. The SMILES string of the molecule is CCc1c(N)c(C(=O)O)cc(C(C)=O)c1O. The Morgan fingerprint density at radius 1 is 1.38 bits per heavy atom. The Hall–Kier alpha value is -2.04. The normalized spacial score (nSPS) is 10.1. The second-order valence-corrected chi connectivity index (χ2v) is 3.43. The number of carboxylic acid groups (broad SMARTS) is 1. The lowest BCUT2D eigenvalue weighted by Gasteiger charge is -2.12. The summed E-state index contributed by atoms with van der Waals surface area (Å²) in [6, 6.07) is 1.11. The summed E-state index contributed by atoms with van der Waals surface area (Å²) in [5.74, 6) is -1.83. The summed E-state index contributed by atoms with van der Waals surface area (Å²) in [6.07, 6.45) is 0.360. The molecule has 0 aliphatic heterocycles. The van der Waals surface area contributed by atoms with Crippen molar-refractivity contribution in [1.29, 1.82) is 0 Å². The predicted octanol–water partition coefficient (Wildman–Crippen LogP) is 1.44. The molecule has 0 bridgehead atoms. The number of aromatic carboxylic acids is 1. The lowest BCUT2D eigenvalue weighted by Crippen LogP contribution is -2.09. The summed E-state index contributed by atoms with van der Waals surface area (Å²) in [5.41, 5.74) is 5.76. The molecule has 0 fully saturated rings. The van der Waals surface area contributed by atoms with Gasteiger partial charge in [-0.05, 0) is 19.4 Å². The molecule has 1 rings (SSSR count). The number of rotatable bonds is 3. The number of Topliss-reactive ketones (excluding diaryl/α,β-unsaturated/α-hetero) is 1. The molecule has 1 aromatic carbocycles. The van der Waals surface area contributed by atoms with Gasteiger partial charge in [0.2, 0.25) is 0 Å². The first-order valence-electron chi connectivity index (χ1n) is 4.78. The van der Waals surface area contributed by atoms with Crippen molar-refractivity contribution in [3.05, 3.63) is 22.8 Å². The zero-order valence-electron chi connectivity index (χ0n) is 9.07. The minimum atomic E-state index is -1.21. The highest BCUT2D eigenvalue weighted by Crippen LogP contribution is 2.32. The number of nitrogens with two attached hydrogens (primary N) is 1. The van der Waals surface area contributed by atoms with E-state index in [0.29, 0.717) is 12.0 Å². The van der Waals surface area contributed by atoms with E-state index in [1.165, 1.54) is 6.92 Å². The van der Waals surface area contributed by atoms with Crippen LogP contribution in [0.15, 0.2) is 6.07 Å². The molecule has 0 unspecified atom stereocenters. The van der Waals surface area contributed by atoms with Crippen LogP contribution in [0, 0.1) is 0 Å². The molecule has 0 aliphatic rings. The first-order chi connectivity index (χ1) is 7.40. The van der Waals surface area contributed by atoms with Crippen LogP contribution in [0.2, 0.25) is 0 Å². The van der Waals surface area contributed by atoms with Gasteiger partial charge in [-0.3, -0.25) is 4.79 Å². The summed E-state index contributed by atoms with van der Waals surface area (Å²) >= 11 is 0. The number of carbonyl (C=O) groups is 2. The lowest BCUT2D eigenvalue weighted by molar-refractivity contribution is 0.0698. The van der Waals surface area contributed by atoms with Crippen LogP contribution in [0.1, 0.15) is 40.1 Å². The number of carbonyl (C=O) groups excluding carboxylic acids is 1. The summed E-state index contributed by atoms with van der Waals surface area (Å²) in [7, 11) is 0. The minimum absolute atomic E-state index is 0.0107. The molecule has 0 aromatic heterocycles. The molecule has 0 aliphatic carbocycles. The van der Waals surface area contributed by atoms with Crippen LogP contribution in [0.3, 0.4) is 0 Å². The predicted molar refractivity (Wildman–Crippen MR) is 58.9 cm³/mol. The molecular formula is C11H13NO4. The van der Waals surface area contributed by atoms with E-state index in [9.17, 15) is 14.7 Å². The average Bonchev–Trinajstić information content (AvgIpc) is 2.17. The van der Waals surface area contributed by atoms with E-state index in [-0.39, 0.29) is 22.6 Å². The fourth-order valence-corrected chi connectivity index (χ4v) is 1.55. The van der Waals surface area contributed by atoms with Gasteiger partial charge in [0.25, 0.3) is 0 Å². The van der Waals surface area contributed by atoms with Crippen LogP contribution in [0.5, 0.6) is 5.75 Å². The summed E-state index contributed by atoms with van der Waals surface area (Å²) in [4.78, 5) is 22.1. The van der Waals surface area contributed by atoms with Crippen LogP contribution in [-0.4, -0.2) is 22.0 Å². The number of carboxylic acids is 1. The average molecular weight is 223 g/mol. The van der Waals surface area contributed by atoms with Crippen molar-refractivity contribution in [3.63, 3.8) is 0 Å². The number of nitrogen functional groups attached to an aromatic ring is 1. The van der Waals surface area contributed by atoms with E-state index < -0.39 is 11.8 Å². The Morgan fingerprint density at radius 3 is 2.31 bits per heavy atom. The molecule has 0 spiro atoms. The van der Waals surface area contributed by atoms with Gasteiger partial charge in [0.05, 0.1) is 16.8 Å². The van der Waals surface area contributed by atoms with Gasteiger partial charge < -0.3 is 15.9 Å². The topological polar surface area (TPSA) is 101 Å². The largest absolute Gasteiger partial charge is 0.507 e. The number of anilines is 1. The quantitative estimate of drug-likeness (QED) is 0.531. The molecule has 4 N–H and O–H groups in total. The Labute approximate surface area is 92.5 Å². The molecule has 0 atom stereocenters. The molecule has 16 heavy (non-hydrogen) atoms. The van der Waals surface area contributed by atoms with E-state index in [2.05, 4.69) is 0 Å². The maximum Gasteiger partial charge on any atom is 0.337 e. The number of hydrogen-bond donors (Lipinski definition) is 3. The molecule has 0 saturated carbocycles. The second-order valence-electron chi connectivity index (χ2n) is 3.43. The Bertz CT molecular complexity index is 427. The third-order valence-corrected chi connectivity index (χ3v) is 2.41. The zero-order valence-corrected chi connectivity index (χ0v) is 9.07. The third kappa shape index (κ3) is 1.84. The van der Waals surface area contributed by atoms with E-state index in [1.54, 1.807) is 6.92 Å². The van der Waals surface area contributed by atoms with Gasteiger partial charge in [-0.2, -0.15) is 0 Å². The molecule has 86 valence electrons. The van der Waals surface area contributed by atoms with Crippen molar-refractivity contribution in [3.8, 4) is 5.75 Å². The first kappa shape index (κ1) is 12.0. The smallest absolute Gasteiger partial charge is 0.337 e. The van der Waals surface area contributed by atoms with E-state index in [1.807, 2.05) is 0 Å². The molecule has 0 heterocycles. The summed E-state index contributed by atoms with van der Waals surface area (Å²) in [6.45, 7) is 2.98. The lowest BCUT2D eigenvalue weighted by atomic mass is 9.97. The Balaban J connectivity index is 3.62. The minimum Gasteiger partial charge on any atom is -0.507 e. The first-order valence-corrected chi connectivity index (χ1v) is 4.78. The molecule has 0 radical (unpaired) electrons. The van der Waals surface area contributed by atoms with Crippen LogP contribution in [-0.2, 0) is 6.42 Å². The van der Waals surface area contributed by atoms with Crippen molar-refractivity contribution in [2.45, 2.75) is 20.3 Å². The van der Waals surface area contributed by atoms with Gasteiger partial charge in [-0.15, -0.1) is 0 Å². The standard InChI is InChI=1S/C11H13NO4/c1-3-6-9(12)8(11(15)16)4-7(5(2)13)10(6)14/h4,14H,3,12H2,1-2H3,(H,15,16). The maximum atomic E-state index is 11.2. The number of phenols is 1. The van der Waals surface area contributed by atoms with E-state index in [4.69, 9.17) is 10.8 Å². The zero-order chi connectivity index (χ0) is 12.5. The highest BCUT2D eigenvalue weighted by molar-refractivity contribution is 6.03. The summed E-state index contributed by atoms with van der Waals surface area (Å²) in [5, 5.41) is 18.7. The van der Waals surface area contributed by atoms with Gasteiger partial charge in [0.1, 0.15) is 5.75 Å². The highest BCUT2D eigenvalue weighted by Gasteiger charge is 2.20. The fourth-order valence-electron chi connectivity index (χ4n) is 1.55. The van der Waals surface area contributed by atoms with Crippen LogP contribution in [0.25, 0.3) is 0 Å². The number of hydrogen-bond acceptors (Lipinski definition) is 4.